The Kier molecular flexibility index (Phi) is 3.56. The lowest BCUT2D eigenvalue weighted by molar-refractivity contribution is 0.407. The van der Waals surface area contributed by atoms with Crippen LogP contribution in [0.3, 0.4) is 0 Å². The number of benzene rings is 1. The number of nitrogens with zero attached hydrogens (tertiary/aromatic N) is 1. The Hall–Kier alpha value is -1.81. The molecular formula is C12H14N2O2. The maximum Gasteiger partial charge on any atom is 0.128 e. The second-order valence-electron chi connectivity index (χ2n) is 3.45. The van der Waals surface area contributed by atoms with E-state index in [1.54, 1.807) is 19.6 Å². The van der Waals surface area contributed by atoms with E-state index in [4.69, 9.17) is 9.26 Å². The third-order valence-corrected chi connectivity index (χ3v) is 2.32. The first kappa shape index (κ1) is 10.7. The number of rotatable bonds is 5. The smallest absolute Gasteiger partial charge is 0.128 e. The lowest BCUT2D eigenvalue weighted by Gasteiger charge is -2.08. The molecule has 0 radical (unpaired) electrons. The summed E-state index contributed by atoms with van der Waals surface area (Å²) >= 11 is 0. The summed E-state index contributed by atoms with van der Waals surface area (Å²) in [5.41, 5.74) is 2.18. The number of methoxy groups -OCH3 is 1. The van der Waals surface area contributed by atoms with Crippen molar-refractivity contribution in [1.82, 2.24) is 10.5 Å². The zero-order valence-electron chi connectivity index (χ0n) is 9.14. The topological polar surface area (TPSA) is 47.3 Å². The van der Waals surface area contributed by atoms with E-state index in [0.29, 0.717) is 0 Å². The molecule has 0 saturated heterocycles. The van der Waals surface area contributed by atoms with Gasteiger partial charge in [0.05, 0.1) is 13.3 Å². The average Bonchev–Trinajstić information content (AvgIpc) is 2.83. The highest BCUT2D eigenvalue weighted by Crippen LogP contribution is 2.16. The van der Waals surface area contributed by atoms with E-state index in [-0.39, 0.29) is 0 Å². The van der Waals surface area contributed by atoms with Crippen molar-refractivity contribution in [2.24, 2.45) is 0 Å². The molecule has 0 bridgehead atoms. The average molecular weight is 218 g/mol. The molecule has 4 nitrogen and oxygen atoms in total. The quantitative estimate of drug-likeness (QED) is 0.833. The fourth-order valence-corrected chi connectivity index (χ4v) is 1.50. The lowest BCUT2D eigenvalue weighted by atomic mass is 10.2. The predicted octanol–water partition coefficient (Wildman–Crippen LogP) is 1.97. The molecule has 0 unspecified atom stereocenters. The largest absolute Gasteiger partial charge is 0.496 e. The Labute approximate surface area is 94.2 Å². The van der Waals surface area contributed by atoms with Gasteiger partial charge in [0.2, 0.25) is 0 Å². The number of para-hydroxylation sites is 1. The fourth-order valence-electron chi connectivity index (χ4n) is 1.50. The van der Waals surface area contributed by atoms with Crippen LogP contribution in [0.2, 0.25) is 0 Å². The van der Waals surface area contributed by atoms with E-state index in [1.165, 1.54) is 0 Å². The van der Waals surface area contributed by atoms with Crippen LogP contribution in [0.25, 0.3) is 0 Å². The highest BCUT2D eigenvalue weighted by Gasteiger charge is 2.01. The van der Waals surface area contributed by atoms with Gasteiger partial charge in [-0.3, -0.25) is 0 Å². The van der Waals surface area contributed by atoms with Crippen LogP contribution in [0.4, 0.5) is 0 Å². The van der Waals surface area contributed by atoms with Gasteiger partial charge in [-0.1, -0.05) is 23.4 Å². The van der Waals surface area contributed by atoms with Crippen molar-refractivity contribution in [2.45, 2.75) is 13.1 Å². The van der Waals surface area contributed by atoms with E-state index < -0.39 is 0 Å². The van der Waals surface area contributed by atoms with E-state index >= 15 is 0 Å². The summed E-state index contributed by atoms with van der Waals surface area (Å²) < 4.78 is 10.0. The van der Waals surface area contributed by atoms with E-state index in [2.05, 4.69) is 10.5 Å². The first-order chi connectivity index (χ1) is 7.90. The molecule has 2 aromatic rings. The van der Waals surface area contributed by atoms with Crippen molar-refractivity contribution in [2.75, 3.05) is 7.11 Å². The van der Waals surface area contributed by atoms with Crippen molar-refractivity contribution in [3.05, 3.63) is 47.9 Å². The molecule has 1 N–H and O–H groups in total. The number of nitrogens with one attached hydrogen (secondary N) is 1. The van der Waals surface area contributed by atoms with Crippen LogP contribution >= 0.6 is 0 Å². The molecule has 1 aromatic carbocycles. The van der Waals surface area contributed by atoms with Crippen LogP contribution in [0.5, 0.6) is 5.75 Å². The number of aromatic nitrogens is 1. The van der Waals surface area contributed by atoms with Crippen molar-refractivity contribution in [1.29, 1.82) is 0 Å². The number of hydrogen-bond donors (Lipinski definition) is 1. The maximum absolute atomic E-state index is 5.26. The molecule has 0 saturated carbocycles. The lowest BCUT2D eigenvalue weighted by Crippen LogP contribution is -2.12. The Bertz CT molecular complexity index is 426. The van der Waals surface area contributed by atoms with E-state index in [1.807, 2.05) is 24.3 Å². The van der Waals surface area contributed by atoms with Gasteiger partial charge < -0.3 is 14.6 Å². The third-order valence-electron chi connectivity index (χ3n) is 2.32. The third kappa shape index (κ3) is 2.61. The van der Waals surface area contributed by atoms with Crippen LogP contribution in [-0.2, 0) is 13.1 Å². The van der Waals surface area contributed by atoms with Crippen LogP contribution < -0.4 is 10.1 Å². The summed E-state index contributed by atoms with van der Waals surface area (Å²) in [5, 5.41) is 6.94. The van der Waals surface area contributed by atoms with E-state index in [0.717, 1.165) is 30.0 Å². The van der Waals surface area contributed by atoms with Gasteiger partial charge in [0, 0.05) is 24.2 Å². The normalized spacial score (nSPS) is 10.3. The summed E-state index contributed by atoms with van der Waals surface area (Å²) in [7, 11) is 1.68. The van der Waals surface area contributed by atoms with Crippen LogP contribution in [0, 0.1) is 0 Å². The predicted molar refractivity (Wildman–Crippen MR) is 60.0 cm³/mol. The van der Waals surface area contributed by atoms with Gasteiger partial charge in [-0.05, 0) is 6.07 Å². The molecule has 0 spiro atoms. The Morgan fingerprint density at radius 1 is 1.31 bits per heavy atom. The van der Waals surface area contributed by atoms with E-state index in [9.17, 15) is 0 Å². The van der Waals surface area contributed by atoms with Gasteiger partial charge in [-0.15, -0.1) is 0 Å². The number of ether oxygens (including phenoxy) is 1. The first-order valence-electron chi connectivity index (χ1n) is 5.11. The number of hydrogen-bond acceptors (Lipinski definition) is 4. The van der Waals surface area contributed by atoms with Gasteiger partial charge in [0.25, 0.3) is 0 Å². The van der Waals surface area contributed by atoms with Gasteiger partial charge in [0.1, 0.15) is 12.0 Å². The zero-order valence-corrected chi connectivity index (χ0v) is 9.14. The molecule has 0 aliphatic heterocycles. The Morgan fingerprint density at radius 3 is 2.94 bits per heavy atom. The second-order valence-corrected chi connectivity index (χ2v) is 3.45. The molecule has 0 aliphatic carbocycles. The minimum Gasteiger partial charge on any atom is -0.496 e. The summed E-state index contributed by atoms with van der Waals surface area (Å²) in [6.07, 6.45) is 3.34. The molecule has 0 aliphatic rings. The molecule has 4 heteroatoms. The maximum atomic E-state index is 5.26. The highest BCUT2D eigenvalue weighted by atomic mass is 16.5. The monoisotopic (exact) mass is 218 g/mol. The SMILES string of the molecule is COc1ccccc1CNCc1cnoc1. The molecule has 1 aromatic heterocycles. The fraction of sp³-hybridized carbons (Fsp3) is 0.250. The highest BCUT2D eigenvalue weighted by molar-refractivity contribution is 5.32. The summed E-state index contributed by atoms with van der Waals surface area (Å²) in [4.78, 5) is 0. The summed E-state index contributed by atoms with van der Waals surface area (Å²) in [6, 6.07) is 7.96. The van der Waals surface area contributed by atoms with Crippen LogP contribution in [0.15, 0.2) is 41.2 Å². The molecule has 16 heavy (non-hydrogen) atoms. The van der Waals surface area contributed by atoms with Crippen LogP contribution in [0.1, 0.15) is 11.1 Å². The Balaban J connectivity index is 1.89. The molecule has 0 amide bonds. The minimum atomic E-state index is 0.738. The van der Waals surface area contributed by atoms with Gasteiger partial charge >= 0.3 is 0 Å². The Morgan fingerprint density at radius 2 is 2.19 bits per heavy atom. The molecule has 0 atom stereocenters. The van der Waals surface area contributed by atoms with Crippen molar-refractivity contribution >= 4 is 0 Å². The zero-order chi connectivity index (χ0) is 11.2. The van der Waals surface area contributed by atoms with Crippen molar-refractivity contribution < 1.29 is 9.26 Å². The van der Waals surface area contributed by atoms with Crippen molar-refractivity contribution in [3.8, 4) is 5.75 Å². The molecular weight excluding hydrogens is 204 g/mol. The standard InChI is InChI=1S/C12H14N2O2/c1-15-12-5-3-2-4-11(12)8-13-6-10-7-14-16-9-10/h2-5,7,9,13H,6,8H2,1H3. The minimum absolute atomic E-state index is 0.738. The van der Waals surface area contributed by atoms with Crippen molar-refractivity contribution in [3.63, 3.8) is 0 Å². The molecule has 84 valence electrons. The van der Waals surface area contributed by atoms with Gasteiger partial charge in [-0.25, -0.2) is 0 Å². The molecule has 2 rings (SSSR count). The second kappa shape index (κ2) is 5.32. The van der Waals surface area contributed by atoms with Gasteiger partial charge in [-0.2, -0.15) is 0 Å². The van der Waals surface area contributed by atoms with Gasteiger partial charge in [0.15, 0.2) is 0 Å². The summed E-state index contributed by atoms with van der Waals surface area (Å²) in [6.45, 7) is 1.50. The van der Waals surface area contributed by atoms with Crippen LogP contribution in [-0.4, -0.2) is 12.3 Å². The molecule has 0 fully saturated rings. The summed E-state index contributed by atoms with van der Waals surface area (Å²) in [5.74, 6) is 0.903. The molecule has 1 heterocycles. The first-order valence-corrected chi connectivity index (χ1v) is 5.11.